The molecule has 1 atom stereocenters. The topological polar surface area (TPSA) is 53.1 Å². The number of aryl methyl sites for hydroxylation is 1. The Hall–Kier alpha value is -0.870. The van der Waals surface area contributed by atoms with E-state index in [2.05, 4.69) is 18.9 Å². The lowest BCUT2D eigenvalue weighted by Gasteiger charge is -2.45. The molecule has 0 aromatic carbocycles. The molecule has 2 N–H and O–H groups in total. The SMILES string of the molecule is COC1(C(N)Cc2cnn(C)c2)CCC(C)(C)CC1. The lowest BCUT2D eigenvalue weighted by Crippen LogP contribution is -2.53. The molecule has 0 spiro atoms. The standard InChI is InChI=1S/C15H27N3O/c1-14(2)5-7-15(19-4,8-6-14)13(16)9-12-10-17-18(3)11-12/h10-11,13H,5-9,16H2,1-4H3. The van der Waals surface area contributed by atoms with E-state index in [9.17, 15) is 0 Å². The highest BCUT2D eigenvalue weighted by Crippen LogP contribution is 2.43. The van der Waals surface area contributed by atoms with Gasteiger partial charge in [0.1, 0.15) is 0 Å². The van der Waals surface area contributed by atoms with Crippen LogP contribution >= 0.6 is 0 Å². The molecule has 1 saturated carbocycles. The molecule has 1 heterocycles. The first-order chi connectivity index (χ1) is 8.87. The first kappa shape index (κ1) is 14.5. The number of hydrogen-bond donors (Lipinski definition) is 1. The maximum absolute atomic E-state index is 6.46. The third-order valence-corrected chi connectivity index (χ3v) is 4.75. The van der Waals surface area contributed by atoms with Crippen molar-refractivity contribution < 1.29 is 4.74 Å². The van der Waals surface area contributed by atoms with Gasteiger partial charge in [-0.1, -0.05) is 13.8 Å². The van der Waals surface area contributed by atoms with Gasteiger partial charge in [0.15, 0.2) is 0 Å². The summed E-state index contributed by atoms with van der Waals surface area (Å²) in [6, 6.07) is 0.0396. The molecule has 0 saturated heterocycles. The van der Waals surface area contributed by atoms with E-state index in [-0.39, 0.29) is 11.6 Å². The minimum absolute atomic E-state index is 0.0396. The number of rotatable bonds is 4. The van der Waals surface area contributed by atoms with Gasteiger partial charge < -0.3 is 10.5 Å². The van der Waals surface area contributed by atoms with Crippen LogP contribution in [0.1, 0.15) is 45.1 Å². The fraction of sp³-hybridized carbons (Fsp3) is 0.800. The van der Waals surface area contributed by atoms with Gasteiger partial charge in [-0.3, -0.25) is 4.68 Å². The van der Waals surface area contributed by atoms with Gasteiger partial charge in [0, 0.05) is 26.4 Å². The zero-order valence-corrected chi connectivity index (χ0v) is 12.6. The second-order valence-electron chi connectivity index (χ2n) is 6.77. The minimum atomic E-state index is -0.161. The third-order valence-electron chi connectivity index (χ3n) is 4.75. The van der Waals surface area contributed by atoms with Crippen LogP contribution in [0.15, 0.2) is 12.4 Å². The first-order valence-electron chi connectivity index (χ1n) is 7.15. The van der Waals surface area contributed by atoms with Gasteiger partial charge in [0.25, 0.3) is 0 Å². The summed E-state index contributed by atoms with van der Waals surface area (Å²) in [7, 11) is 3.74. The van der Waals surface area contributed by atoms with E-state index in [1.807, 2.05) is 24.1 Å². The van der Waals surface area contributed by atoms with Crippen LogP contribution in [0.4, 0.5) is 0 Å². The summed E-state index contributed by atoms with van der Waals surface area (Å²) >= 11 is 0. The second kappa shape index (κ2) is 5.25. The Kier molecular flexibility index (Phi) is 4.02. The average molecular weight is 265 g/mol. The van der Waals surface area contributed by atoms with Crippen LogP contribution in [0.5, 0.6) is 0 Å². The maximum atomic E-state index is 6.46. The average Bonchev–Trinajstić information content (AvgIpc) is 2.75. The molecule has 1 aromatic rings. The lowest BCUT2D eigenvalue weighted by molar-refractivity contribution is -0.0781. The van der Waals surface area contributed by atoms with E-state index in [1.54, 1.807) is 7.11 Å². The van der Waals surface area contributed by atoms with Crippen molar-refractivity contribution >= 4 is 0 Å². The van der Waals surface area contributed by atoms with Crippen LogP contribution in [-0.4, -0.2) is 28.5 Å². The summed E-state index contributed by atoms with van der Waals surface area (Å²) < 4.78 is 7.69. The van der Waals surface area contributed by atoms with Crippen molar-refractivity contribution in [3.8, 4) is 0 Å². The third kappa shape index (κ3) is 3.18. The molecule has 1 aliphatic rings. The highest BCUT2D eigenvalue weighted by Gasteiger charge is 2.42. The lowest BCUT2D eigenvalue weighted by atomic mass is 9.68. The Morgan fingerprint density at radius 3 is 2.47 bits per heavy atom. The van der Waals surface area contributed by atoms with Crippen LogP contribution in [0, 0.1) is 5.41 Å². The van der Waals surface area contributed by atoms with Gasteiger partial charge in [-0.15, -0.1) is 0 Å². The molecule has 1 aromatic heterocycles. The van der Waals surface area contributed by atoms with E-state index in [0.29, 0.717) is 5.41 Å². The van der Waals surface area contributed by atoms with Gasteiger partial charge in [-0.05, 0) is 43.1 Å². The Labute approximate surface area is 116 Å². The van der Waals surface area contributed by atoms with Gasteiger partial charge in [-0.2, -0.15) is 5.10 Å². The molecule has 2 rings (SSSR count). The monoisotopic (exact) mass is 265 g/mol. The molecule has 1 unspecified atom stereocenters. The quantitative estimate of drug-likeness (QED) is 0.908. The van der Waals surface area contributed by atoms with Crippen LogP contribution in [0.25, 0.3) is 0 Å². The number of methoxy groups -OCH3 is 1. The largest absolute Gasteiger partial charge is 0.377 e. The van der Waals surface area contributed by atoms with Crippen molar-refractivity contribution in [2.24, 2.45) is 18.2 Å². The van der Waals surface area contributed by atoms with Crippen LogP contribution in [0.3, 0.4) is 0 Å². The molecule has 0 amide bonds. The van der Waals surface area contributed by atoms with Crippen molar-refractivity contribution in [3.63, 3.8) is 0 Å². The molecule has 108 valence electrons. The van der Waals surface area contributed by atoms with Crippen LogP contribution in [-0.2, 0) is 18.2 Å². The normalized spacial score (nSPS) is 23.2. The number of nitrogens with zero attached hydrogens (tertiary/aromatic N) is 2. The minimum Gasteiger partial charge on any atom is -0.377 e. The maximum Gasteiger partial charge on any atom is 0.0832 e. The summed E-state index contributed by atoms with van der Waals surface area (Å²) in [4.78, 5) is 0. The second-order valence-corrected chi connectivity index (χ2v) is 6.77. The molecule has 1 fully saturated rings. The van der Waals surface area contributed by atoms with Gasteiger partial charge in [0.2, 0.25) is 0 Å². The van der Waals surface area contributed by atoms with Crippen LogP contribution < -0.4 is 5.73 Å². The molecule has 0 radical (unpaired) electrons. The predicted octanol–water partition coefficient (Wildman–Crippen LogP) is 2.28. The Morgan fingerprint density at radius 1 is 1.37 bits per heavy atom. The van der Waals surface area contributed by atoms with Crippen LogP contribution in [0.2, 0.25) is 0 Å². The van der Waals surface area contributed by atoms with E-state index in [4.69, 9.17) is 10.5 Å². The summed E-state index contributed by atoms with van der Waals surface area (Å²) in [5.74, 6) is 0. The van der Waals surface area contributed by atoms with Crippen molar-refractivity contribution in [2.75, 3.05) is 7.11 Å². The Morgan fingerprint density at radius 2 is 2.00 bits per heavy atom. The van der Waals surface area contributed by atoms with E-state index in [1.165, 1.54) is 18.4 Å². The predicted molar refractivity (Wildman–Crippen MR) is 76.9 cm³/mol. The molecule has 0 bridgehead atoms. The molecule has 19 heavy (non-hydrogen) atoms. The summed E-state index contributed by atoms with van der Waals surface area (Å²) in [6.45, 7) is 4.67. The fourth-order valence-electron chi connectivity index (χ4n) is 3.09. The summed E-state index contributed by atoms with van der Waals surface area (Å²) in [5, 5.41) is 4.21. The first-order valence-corrected chi connectivity index (χ1v) is 7.15. The van der Waals surface area contributed by atoms with Crippen molar-refractivity contribution in [1.82, 2.24) is 9.78 Å². The highest BCUT2D eigenvalue weighted by molar-refractivity contribution is 5.10. The molecule has 0 aliphatic heterocycles. The number of nitrogens with two attached hydrogens (primary N) is 1. The molecular formula is C15H27N3O. The number of ether oxygens (including phenoxy) is 1. The van der Waals surface area contributed by atoms with Gasteiger partial charge in [-0.25, -0.2) is 0 Å². The summed E-state index contributed by atoms with van der Waals surface area (Å²) in [6.07, 6.45) is 9.24. The molecule has 1 aliphatic carbocycles. The Balaban J connectivity index is 2.05. The zero-order valence-electron chi connectivity index (χ0n) is 12.6. The zero-order chi connectivity index (χ0) is 14.1. The number of hydrogen-bond acceptors (Lipinski definition) is 3. The summed E-state index contributed by atoms with van der Waals surface area (Å²) in [5.41, 5.74) is 7.92. The molecule has 4 nitrogen and oxygen atoms in total. The van der Waals surface area contributed by atoms with E-state index in [0.717, 1.165) is 19.3 Å². The Bertz CT molecular complexity index is 415. The van der Waals surface area contributed by atoms with Crippen molar-refractivity contribution in [1.29, 1.82) is 0 Å². The fourth-order valence-corrected chi connectivity index (χ4v) is 3.09. The highest BCUT2D eigenvalue weighted by atomic mass is 16.5. The molecular weight excluding hydrogens is 238 g/mol. The number of aromatic nitrogens is 2. The van der Waals surface area contributed by atoms with Gasteiger partial charge in [0.05, 0.1) is 11.8 Å². The van der Waals surface area contributed by atoms with Crippen molar-refractivity contribution in [2.45, 2.75) is 57.6 Å². The van der Waals surface area contributed by atoms with E-state index >= 15 is 0 Å². The van der Waals surface area contributed by atoms with Crippen molar-refractivity contribution in [3.05, 3.63) is 18.0 Å². The van der Waals surface area contributed by atoms with E-state index < -0.39 is 0 Å². The smallest absolute Gasteiger partial charge is 0.0832 e. The molecule has 4 heteroatoms. The van der Waals surface area contributed by atoms with Gasteiger partial charge >= 0.3 is 0 Å².